The number of hydrogen-bond donors (Lipinski definition) is 0. The summed E-state index contributed by atoms with van der Waals surface area (Å²) in [4.78, 5) is 16.9. The summed E-state index contributed by atoms with van der Waals surface area (Å²) in [5.74, 6) is 0.485. The summed E-state index contributed by atoms with van der Waals surface area (Å²) >= 11 is 11.9. The lowest BCUT2D eigenvalue weighted by atomic mass is 10.2. The Kier molecular flexibility index (Phi) is 6.55. The van der Waals surface area contributed by atoms with Gasteiger partial charge in [-0.15, -0.1) is 0 Å². The van der Waals surface area contributed by atoms with Crippen LogP contribution in [0.15, 0.2) is 83.3 Å². The summed E-state index contributed by atoms with van der Waals surface area (Å²) in [5, 5.41) is 1.18. The summed E-state index contributed by atoms with van der Waals surface area (Å²) in [6, 6.07) is 23.2. The van der Waals surface area contributed by atoms with E-state index in [9.17, 15) is 4.79 Å². The molecule has 0 bridgehead atoms. The largest absolute Gasteiger partial charge is 0.461 e. The van der Waals surface area contributed by atoms with Gasteiger partial charge in [0.2, 0.25) is 5.89 Å². The van der Waals surface area contributed by atoms with Crippen LogP contribution in [0.5, 0.6) is 11.7 Å². The number of rotatable bonds is 7. The Morgan fingerprint density at radius 1 is 0.871 bits per heavy atom. The third-order valence-electron chi connectivity index (χ3n) is 4.33. The van der Waals surface area contributed by atoms with Crippen molar-refractivity contribution in [2.75, 3.05) is 0 Å². The lowest BCUT2D eigenvalue weighted by Crippen LogP contribution is -2.09. The highest BCUT2D eigenvalue weighted by atomic mass is 35.5. The Balaban J connectivity index is 1.55. The minimum absolute atomic E-state index is 0.104. The van der Waals surface area contributed by atoms with Crippen molar-refractivity contribution < 1.29 is 18.7 Å². The Morgan fingerprint density at radius 2 is 1.52 bits per heavy atom. The van der Waals surface area contributed by atoms with Crippen LogP contribution in [-0.2, 0) is 22.6 Å². The summed E-state index contributed by atoms with van der Waals surface area (Å²) in [6.07, 6.45) is -0.104. The maximum Gasteiger partial charge on any atom is 0.315 e. The number of ether oxygens (including phenoxy) is 2. The van der Waals surface area contributed by atoms with Gasteiger partial charge in [0.1, 0.15) is 18.1 Å². The number of hydrogen-bond acceptors (Lipinski definition) is 5. The van der Waals surface area contributed by atoms with Crippen molar-refractivity contribution in [1.82, 2.24) is 4.98 Å². The van der Waals surface area contributed by atoms with E-state index < -0.39 is 5.97 Å². The van der Waals surface area contributed by atoms with Crippen molar-refractivity contribution in [1.29, 1.82) is 0 Å². The van der Waals surface area contributed by atoms with E-state index in [1.807, 2.05) is 30.3 Å². The Morgan fingerprint density at radius 3 is 2.19 bits per heavy atom. The molecule has 0 atom stereocenters. The average molecular weight is 454 g/mol. The zero-order valence-electron chi connectivity index (χ0n) is 16.3. The maximum absolute atomic E-state index is 12.4. The van der Waals surface area contributed by atoms with Crippen LogP contribution in [0.25, 0.3) is 11.5 Å². The van der Waals surface area contributed by atoms with Gasteiger partial charge in [0.05, 0.1) is 6.42 Å². The highest BCUT2D eigenvalue weighted by molar-refractivity contribution is 6.30. The zero-order chi connectivity index (χ0) is 21.6. The first-order chi connectivity index (χ1) is 15.1. The van der Waals surface area contributed by atoms with E-state index >= 15 is 0 Å². The van der Waals surface area contributed by atoms with E-state index in [-0.39, 0.29) is 19.0 Å². The van der Waals surface area contributed by atoms with Crippen molar-refractivity contribution in [3.63, 3.8) is 0 Å². The number of carbonyl (C=O) groups is 1. The lowest BCUT2D eigenvalue weighted by Gasteiger charge is -2.05. The van der Waals surface area contributed by atoms with Gasteiger partial charge in [-0.3, -0.25) is 4.79 Å². The normalized spacial score (nSPS) is 10.6. The molecule has 0 radical (unpaired) electrons. The van der Waals surface area contributed by atoms with Gasteiger partial charge >= 0.3 is 11.9 Å². The predicted octanol–water partition coefficient (Wildman–Crippen LogP) is 6.73. The van der Waals surface area contributed by atoms with Gasteiger partial charge < -0.3 is 13.9 Å². The quantitative estimate of drug-likeness (QED) is 0.290. The molecule has 1 heterocycles. The molecule has 156 valence electrons. The van der Waals surface area contributed by atoms with Gasteiger partial charge in [0, 0.05) is 15.6 Å². The first kappa shape index (κ1) is 21.0. The molecule has 5 nitrogen and oxygen atoms in total. The van der Waals surface area contributed by atoms with Gasteiger partial charge in [-0.1, -0.05) is 53.5 Å². The molecule has 3 aromatic carbocycles. The fourth-order valence-corrected chi connectivity index (χ4v) is 3.03. The minimum atomic E-state index is -0.444. The molecule has 0 aliphatic heterocycles. The van der Waals surface area contributed by atoms with Gasteiger partial charge in [-0.25, -0.2) is 4.98 Å². The first-order valence-corrected chi connectivity index (χ1v) is 10.2. The van der Waals surface area contributed by atoms with Crippen LogP contribution in [0.4, 0.5) is 0 Å². The highest BCUT2D eigenvalue weighted by Crippen LogP contribution is 2.32. The van der Waals surface area contributed by atoms with Crippen LogP contribution in [0.2, 0.25) is 10.0 Å². The van der Waals surface area contributed by atoms with E-state index in [0.717, 1.165) is 5.56 Å². The van der Waals surface area contributed by atoms with E-state index in [1.165, 1.54) is 0 Å². The molecule has 31 heavy (non-hydrogen) atoms. The van der Waals surface area contributed by atoms with Crippen molar-refractivity contribution in [3.8, 4) is 23.1 Å². The molecule has 0 saturated heterocycles. The molecule has 0 fully saturated rings. The molecule has 0 spiro atoms. The van der Waals surface area contributed by atoms with Crippen molar-refractivity contribution in [2.24, 2.45) is 0 Å². The summed E-state index contributed by atoms with van der Waals surface area (Å²) in [6.45, 7) is 0.176. The average Bonchev–Trinajstić information content (AvgIpc) is 3.17. The van der Waals surface area contributed by atoms with Crippen molar-refractivity contribution in [2.45, 2.75) is 13.0 Å². The standard InChI is InChI=1S/C24H17Cl2NO4/c25-18-8-6-17(7-9-18)23-27-21(14-22(28)29-15-16-4-2-1-3-5-16)24(31-23)30-20-12-10-19(26)11-13-20/h1-13H,14-15H2. The number of oxazole rings is 1. The number of carbonyl (C=O) groups excluding carboxylic acids is 1. The number of aromatic nitrogens is 1. The third kappa shape index (κ3) is 5.66. The molecule has 0 unspecified atom stereocenters. The van der Waals surface area contributed by atoms with Gasteiger partial charge in [0.15, 0.2) is 0 Å². The van der Waals surface area contributed by atoms with Crippen LogP contribution < -0.4 is 4.74 Å². The monoisotopic (exact) mass is 453 g/mol. The van der Waals surface area contributed by atoms with Gasteiger partial charge in [-0.2, -0.15) is 0 Å². The maximum atomic E-state index is 12.4. The molecule has 4 rings (SSSR count). The smallest absolute Gasteiger partial charge is 0.315 e. The molecule has 0 N–H and O–H groups in total. The Bertz CT molecular complexity index is 1160. The summed E-state index contributed by atoms with van der Waals surface area (Å²) in [7, 11) is 0. The van der Waals surface area contributed by atoms with Crippen LogP contribution in [0.1, 0.15) is 11.3 Å². The molecular formula is C24H17Cl2NO4. The molecule has 0 amide bonds. The lowest BCUT2D eigenvalue weighted by molar-refractivity contribution is -0.144. The second-order valence-electron chi connectivity index (χ2n) is 6.64. The van der Waals surface area contributed by atoms with Crippen molar-refractivity contribution >= 4 is 29.2 Å². The van der Waals surface area contributed by atoms with E-state index in [1.54, 1.807) is 48.5 Å². The first-order valence-electron chi connectivity index (χ1n) is 9.45. The topological polar surface area (TPSA) is 61.6 Å². The number of benzene rings is 3. The summed E-state index contributed by atoms with van der Waals surface area (Å²) in [5.41, 5.74) is 1.93. The molecule has 0 saturated carbocycles. The van der Waals surface area contributed by atoms with Gasteiger partial charge in [0.25, 0.3) is 0 Å². The Labute approximate surface area is 189 Å². The van der Waals surface area contributed by atoms with E-state index in [0.29, 0.717) is 32.9 Å². The predicted molar refractivity (Wildman–Crippen MR) is 118 cm³/mol. The second-order valence-corrected chi connectivity index (χ2v) is 7.51. The van der Waals surface area contributed by atoms with E-state index in [2.05, 4.69) is 4.98 Å². The van der Waals surface area contributed by atoms with Crippen molar-refractivity contribution in [3.05, 3.63) is 100 Å². The SMILES string of the molecule is O=C(Cc1nc(-c2ccc(Cl)cc2)oc1Oc1ccc(Cl)cc1)OCc1ccccc1. The minimum Gasteiger partial charge on any atom is -0.461 e. The molecule has 4 aromatic rings. The van der Waals surface area contributed by atoms with Crippen LogP contribution in [0, 0.1) is 0 Å². The molecule has 0 aliphatic carbocycles. The second kappa shape index (κ2) is 9.69. The number of nitrogens with zero attached hydrogens (tertiary/aromatic N) is 1. The van der Waals surface area contributed by atoms with E-state index in [4.69, 9.17) is 37.1 Å². The van der Waals surface area contributed by atoms with Crippen LogP contribution >= 0.6 is 23.2 Å². The van der Waals surface area contributed by atoms with Crippen LogP contribution in [0.3, 0.4) is 0 Å². The van der Waals surface area contributed by atoms with Crippen LogP contribution in [-0.4, -0.2) is 11.0 Å². The molecule has 0 aliphatic rings. The Hall–Kier alpha value is -3.28. The third-order valence-corrected chi connectivity index (χ3v) is 4.84. The molecular weight excluding hydrogens is 437 g/mol. The highest BCUT2D eigenvalue weighted by Gasteiger charge is 2.20. The fraction of sp³-hybridized carbons (Fsp3) is 0.0833. The van der Waals surface area contributed by atoms with Gasteiger partial charge in [-0.05, 0) is 54.1 Å². The molecule has 7 heteroatoms. The fourth-order valence-electron chi connectivity index (χ4n) is 2.78. The zero-order valence-corrected chi connectivity index (χ0v) is 17.8. The molecule has 1 aromatic heterocycles. The number of esters is 1. The number of halogens is 2. The summed E-state index contributed by atoms with van der Waals surface area (Å²) < 4.78 is 17.0.